The number of thiazole rings is 1. The van der Waals surface area contributed by atoms with Crippen molar-refractivity contribution in [2.75, 3.05) is 7.11 Å². The van der Waals surface area contributed by atoms with Gasteiger partial charge in [0.2, 0.25) is 5.01 Å². The average molecular weight is 276 g/mol. The highest BCUT2D eigenvalue weighted by atomic mass is 32.1. The number of ether oxygens (including phenoxy) is 1. The number of hydrogen-bond acceptors (Lipinski definition) is 6. The Morgan fingerprint density at radius 2 is 2.11 bits per heavy atom. The molecular weight excluding hydrogens is 264 g/mol. The molecule has 0 aliphatic carbocycles. The molecule has 98 valence electrons. The SMILES string of the molecule is COC(=O)c1nc(C)c(-c2ccncc2C(C)=O)s1. The van der Waals surface area contributed by atoms with E-state index in [2.05, 4.69) is 14.7 Å². The van der Waals surface area contributed by atoms with Crippen molar-refractivity contribution < 1.29 is 14.3 Å². The lowest BCUT2D eigenvalue weighted by Crippen LogP contribution is -1.99. The van der Waals surface area contributed by atoms with Gasteiger partial charge in [0.1, 0.15) is 0 Å². The first-order valence-electron chi connectivity index (χ1n) is 5.55. The van der Waals surface area contributed by atoms with Crippen LogP contribution < -0.4 is 0 Å². The number of ketones is 1. The lowest BCUT2D eigenvalue weighted by molar-refractivity contribution is 0.0600. The van der Waals surface area contributed by atoms with E-state index in [1.54, 1.807) is 19.2 Å². The van der Waals surface area contributed by atoms with Crippen LogP contribution in [0.2, 0.25) is 0 Å². The second kappa shape index (κ2) is 5.27. The number of aromatic nitrogens is 2. The van der Waals surface area contributed by atoms with Crippen LogP contribution in [-0.4, -0.2) is 28.8 Å². The number of hydrogen-bond donors (Lipinski definition) is 0. The Morgan fingerprint density at radius 1 is 1.37 bits per heavy atom. The van der Waals surface area contributed by atoms with Crippen molar-refractivity contribution in [1.82, 2.24) is 9.97 Å². The number of Topliss-reactive ketones (excluding diaryl/α,β-unsaturated/α-hetero) is 1. The van der Waals surface area contributed by atoms with Gasteiger partial charge in [-0.05, 0) is 19.9 Å². The van der Waals surface area contributed by atoms with E-state index in [1.807, 2.05) is 0 Å². The van der Waals surface area contributed by atoms with Gasteiger partial charge in [0.25, 0.3) is 0 Å². The molecule has 0 atom stereocenters. The summed E-state index contributed by atoms with van der Waals surface area (Å²) in [5.41, 5.74) is 1.96. The van der Waals surface area contributed by atoms with Crippen LogP contribution >= 0.6 is 11.3 Å². The zero-order valence-electron chi connectivity index (χ0n) is 10.8. The van der Waals surface area contributed by atoms with Gasteiger partial charge < -0.3 is 4.74 Å². The molecule has 0 amide bonds. The van der Waals surface area contributed by atoms with Crippen molar-refractivity contribution in [1.29, 1.82) is 0 Å². The summed E-state index contributed by atoms with van der Waals surface area (Å²) in [5.74, 6) is -0.548. The molecule has 2 aromatic rings. The minimum absolute atomic E-state index is 0.0736. The zero-order valence-corrected chi connectivity index (χ0v) is 11.6. The van der Waals surface area contributed by atoms with Crippen molar-refractivity contribution in [2.45, 2.75) is 13.8 Å². The van der Waals surface area contributed by atoms with Crippen molar-refractivity contribution >= 4 is 23.1 Å². The van der Waals surface area contributed by atoms with Gasteiger partial charge in [-0.3, -0.25) is 9.78 Å². The van der Waals surface area contributed by atoms with E-state index in [9.17, 15) is 9.59 Å². The standard InChI is InChI=1S/C13H12N2O3S/c1-7-11(19-12(15-7)13(17)18-3)9-4-5-14-6-10(9)8(2)16/h4-6H,1-3H3. The van der Waals surface area contributed by atoms with Crippen LogP contribution in [0.15, 0.2) is 18.5 Å². The minimum atomic E-state index is -0.474. The molecule has 0 unspecified atom stereocenters. The second-order valence-corrected chi connectivity index (χ2v) is 4.90. The predicted octanol–water partition coefficient (Wildman–Crippen LogP) is 2.50. The lowest BCUT2D eigenvalue weighted by atomic mass is 10.1. The number of carbonyl (C=O) groups excluding carboxylic acids is 2. The number of aryl methyl sites for hydroxylation is 1. The van der Waals surface area contributed by atoms with Gasteiger partial charge in [0.15, 0.2) is 5.78 Å². The Kier molecular flexibility index (Phi) is 3.71. The topological polar surface area (TPSA) is 69.2 Å². The summed E-state index contributed by atoms with van der Waals surface area (Å²) in [5, 5.41) is 0.279. The molecule has 0 bridgehead atoms. The lowest BCUT2D eigenvalue weighted by Gasteiger charge is -2.03. The number of rotatable bonds is 3. The molecule has 0 saturated carbocycles. The summed E-state index contributed by atoms with van der Waals surface area (Å²) in [4.78, 5) is 32.0. The smallest absolute Gasteiger partial charge is 0.367 e. The summed E-state index contributed by atoms with van der Waals surface area (Å²) in [6, 6.07) is 1.75. The van der Waals surface area contributed by atoms with Crippen LogP contribution in [0.1, 0.15) is 32.8 Å². The Hall–Kier alpha value is -2.08. The first kappa shape index (κ1) is 13.4. The number of carbonyl (C=O) groups is 2. The van der Waals surface area contributed by atoms with Crippen molar-refractivity contribution in [2.24, 2.45) is 0 Å². The van der Waals surface area contributed by atoms with Crippen LogP contribution in [0.4, 0.5) is 0 Å². The molecule has 0 radical (unpaired) electrons. The van der Waals surface area contributed by atoms with E-state index in [-0.39, 0.29) is 10.8 Å². The van der Waals surface area contributed by atoms with Gasteiger partial charge in [0, 0.05) is 23.5 Å². The van der Waals surface area contributed by atoms with Crippen LogP contribution in [0.3, 0.4) is 0 Å². The van der Waals surface area contributed by atoms with E-state index >= 15 is 0 Å². The minimum Gasteiger partial charge on any atom is -0.464 e. The first-order valence-corrected chi connectivity index (χ1v) is 6.37. The summed E-state index contributed by atoms with van der Waals surface area (Å²) in [7, 11) is 1.31. The fourth-order valence-electron chi connectivity index (χ4n) is 1.69. The molecule has 0 aliphatic rings. The maximum absolute atomic E-state index is 11.6. The third-order valence-corrected chi connectivity index (χ3v) is 3.77. The molecular formula is C13H12N2O3S. The van der Waals surface area contributed by atoms with Gasteiger partial charge >= 0.3 is 5.97 Å². The van der Waals surface area contributed by atoms with Gasteiger partial charge in [-0.15, -0.1) is 11.3 Å². The first-order chi connectivity index (χ1) is 9.04. The Labute approximate surface area is 114 Å². The molecule has 6 heteroatoms. The Balaban J connectivity index is 2.57. The normalized spacial score (nSPS) is 10.3. The molecule has 0 fully saturated rings. The summed E-state index contributed by atoms with van der Waals surface area (Å²) < 4.78 is 4.65. The highest BCUT2D eigenvalue weighted by Gasteiger charge is 2.19. The monoisotopic (exact) mass is 276 g/mol. The Morgan fingerprint density at radius 3 is 2.74 bits per heavy atom. The van der Waals surface area contributed by atoms with Crippen molar-refractivity contribution in [3.05, 3.63) is 34.7 Å². The second-order valence-electron chi connectivity index (χ2n) is 3.90. The molecule has 0 saturated heterocycles. The van der Waals surface area contributed by atoms with Crippen LogP contribution in [0.5, 0.6) is 0 Å². The molecule has 2 rings (SSSR count). The highest BCUT2D eigenvalue weighted by molar-refractivity contribution is 7.17. The van der Waals surface area contributed by atoms with Gasteiger partial charge in [-0.25, -0.2) is 9.78 Å². The molecule has 19 heavy (non-hydrogen) atoms. The largest absolute Gasteiger partial charge is 0.464 e. The number of pyridine rings is 1. The molecule has 5 nitrogen and oxygen atoms in total. The molecule has 0 spiro atoms. The third kappa shape index (κ3) is 2.53. The summed E-state index contributed by atoms with van der Waals surface area (Å²) >= 11 is 1.21. The quantitative estimate of drug-likeness (QED) is 0.636. The Bertz CT molecular complexity index is 649. The van der Waals surface area contributed by atoms with Crippen LogP contribution in [0, 0.1) is 6.92 Å². The number of nitrogens with zero attached hydrogens (tertiary/aromatic N) is 2. The van der Waals surface area contributed by atoms with Crippen LogP contribution in [-0.2, 0) is 4.74 Å². The number of esters is 1. The molecule has 2 aromatic heterocycles. The molecule has 2 heterocycles. The molecule has 0 aromatic carbocycles. The van der Waals surface area contributed by atoms with E-state index in [4.69, 9.17) is 0 Å². The number of methoxy groups -OCH3 is 1. The summed E-state index contributed by atoms with van der Waals surface area (Å²) in [6.45, 7) is 3.28. The fraction of sp³-hybridized carbons (Fsp3) is 0.231. The molecule has 0 N–H and O–H groups in total. The third-order valence-electron chi connectivity index (χ3n) is 2.60. The maximum Gasteiger partial charge on any atom is 0.367 e. The van der Waals surface area contributed by atoms with Crippen molar-refractivity contribution in [3.8, 4) is 10.4 Å². The van der Waals surface area contributed by atoms with E-state index < -0.39 is 5.97 Å². The average Bonchev–Trinajstić information content (AvgIpc) is 2.79. The van der Waals surface area contributed by atoms with E-state index in [0.717, 1.165) is 10.4 Å². The fourth-order valence-corrected chi connectivity index (χ4v) is 2.72. The molecule has 0 aliphatic heterocycles. The van der Waals surface area contributed by atoms with Crippen LogP contribution in [0.25, 0.3) is 10.4 Å². The van der Waals surface area contributed by atoms with E-state index in [1.165, 1.54) is 31.6 Å². The van der Waals surface area contributed by atoms with E-state index in [0.29, 0.717) is 11.3 Å². The predicted molar refractivity (Wildman–Crippen MR) is 71.4 cm³/mol. The zero-order chi connectivity index (χ0) is 14.0. The van der Waals surface area contributed by atoms with Gasteiger partial charge in [-0.2, -0.15) is 0 Å². The van der Waals surface area contributed by atoms with Gasteiger partial charge in [-0.1, -0.05) is 0 Å². The maximum atomic E-state index is 11.6. The van der Waals surface area contributed by atoms with Crippen molar-refractivity contribution in [3.63, 3.8) is 0 Å². The highest BCUT2D eigenvalue weighted by Crippen LogP contribution is 2.32. The van der Waals surface area contributed by atoms with Gasteiger partial charge in [0.05, 0.1) is 17.7 Å². The summed E-state index contributed by atoms with van der Waals surface area (Å²) in [6.07, 6.45) is 3.13.